The van der Waals surface area contributed by atoms with E-state index in [9.17, 15) is 52.5 Å². The van der Waals surface area contributed by atoms with Crippen LogP contribution in [0, 0.1) is 0 Å². The van der Waals surface area contributed by atoms with Crippen LogP contribution in [-0.2, 0) is 19.2 Å². The zero-order valence-electron chi connectivity index (χ0n) is 7.82. The van der Waals surface area contributed by atoms with Gasteiger partial charge in [0.2, 0.25) is 0 Å². The van der Waals surface area contributed by atoms with Crippen LogP contribution in [0.5, 0.6) is 0 Å². The monoisotopic (exact) mass is 334 g/mol. The molecule has 0 aliphatic carbocycles. The van der Waals surface area contributed by atoms with Gasteiger partial charge in [0, 0.05) is 0 Å². The second-order valence-electron chi connectivity index (χ2n) is 2.67. The van der Waals surface area contributed by atoms with Crippen molar-refractivity contribution in [2.45, 2.75) is 23.6 Å². The lowest BCUT2D eigenvalue weighted by Crippen LogP contribution is -2.55. The highest BCUT2D eigenvalue weighted by Gasteiger charge is 2.75. The second kappa shape index (κ2) is 4.62. The van der Waals surface area contributed by atoms with Crippen LogP contribution in [0.15, 0.2) is 0 Å². The van der Waals surface area contributed by atoms with Gasteiger partial charge in [-0.2, -0.15) is 47.9 Å². The largest absolute Gasteiger partial charge is 0.483 e. The fraction of sp³-hybridized carbons (Fsp3) is 1.00. The third kappa shape index (κ3) is 3.19. The van der Waals surface area contributed by atoms with Crippen molar-refractivity contribution in [3.05, 3.63) is 0 Å². The zero-order chi connectivity index (χ0) is 15.9. The quantitative estimate of drug-likeness (QED) is 0.725. The van der Waals surface area contributed by atoms with Crippen molar-refractivity contribution in [2.75, 3.05) is 0 Å². The van der Waals surface area contributed by atoms with Gasteiger partial charge in [0.25, 0.3) is 0 Å². The topological polar surface area (TPSA) is 52.6 Å². The van der Waals surface area contributed by atoms with E-state index in [0.29, 0.717) is 0 Å². The molecule has 0 atom stereocenters. The van der Waals surface area contributed by atoms with E-state index in [1.807, 2.05) is 0 Å². The van der Waals surface area contributed by atoms with Crippen LogP contribution in [0.1, 0.15) is 0 Å². The van der Waals surface area contributed by atoms with Crippen molar-refractivity contribution in [1.82, 2.24) is 0 Å². The summed E-state index contributed by atoms with van der Waals surface area (Å²) >= 11 is 0. The van der Waals surface area contributed by atoms with Crippen LogP contribution in [0.2, 0.25) is 0 Å². The van der Waals surface area contributed by atoms with Gasteiger partial charge in [0.1, 0.15) is 0 Å². The lowest BCUT2D eigenvalue weighted by atomic mass is 10.5. The Morgan fingerprint density at radius 2 is 1.11 bits per heavy atom. The van der Waals surface area contributed by atoms with E-state index in [1.54, 1.807) is 0 Å². The van der Waals surface area contributed by atoms with Gasteiger partial charge >= 0.3 is 33.8 Å². The van der Waals surface area contributed by atoms with Gasteiger partial charge in [-0.15, -0.1) is 0 Å². The number of alkyl halides is 9. The average Bonchev–Trinajstić information content (AvgIpc) is 2.13. The van der Waals surface area contributed by atoms with Gasteiger partial charge in [-0.3, -0.25) is 0 Å². The molecule has 0 aliphatic heterocycles. The van der Waals surface area contributed by atoms with Gasteiger partial charge in [-0.25, -0.2) is 4.74 Å². The molecule has 15 heteroatoms. The molecule has 0 heterocycles. The molecule has 0 unspecified atom stereocenters. The molecule has 0 radical (unpaired) electrons. The van der Waals surface area contributed by atoms with E-state index in [4.69, 9.17) is 0 Å². The molecule has 0 amide bonds. The van der Waals surface area contributed by atoms with E-state index in [0.717, 1.165) is 0 Å². The van der Waals surface area contributed by atoms with E-state index >= 15 is 0 Å². The van der Waals surface area contributed by atoms with Crippen LogP contribution in [-0.4, -0.2) is 32.1 Å². The Kier molecular flexibility index (Phi) is 4.42. The molecule has 0 N–H and O–H groups in total. The molecule has 0 fully saturated rings. The number of rotatable bonds is 5. The van der Waals surface area contributed by atoms with Gasteiger partial charge in [-0.1, -0.05) is 4.39 Å². The molecule has 0 rings (SSSR count). The van der Waals surface area contributed by atoms with Gasteiger partial charge in [0.15, 0.2) is 0 Å². The number of hydrogen-bond donors (Lipinski definition) is 0. The first-order chi connectivity index (χ1) is 8.02. The predicted molar refractivity (Wildman–Crippen MR) is 33.1 cm³/mol. The molecule has 116 valence electrons. The minimum absolute atomic E-state index is 1.42. The maximum absolute atomic E-state index is 12.4. The molecule has 0 aromatic heterocycles. The van der Waals surface area contributed by atoms with Crippen molar-refractivity contribution >= 4 is 10.1 Å². The Bertz CT molecular complexity index is 423. The Hall–Kier alpha value is -0.830. The molecule has 0 bridgehead atoms. The lowest BCUT2D eigenvalue weighted by molar-refractivity contribution is -0.476. The standard InChI is InChI=1S/C4F10O4S/c5-1(6,7)2(8,9)17-3(10,11)4(12,13)19(15,16)18-14. The first kappa shape index (κ1) is 18.2. The first-order valence-corrected chi connectivity index (χ1v) is 4.88. The Morgan fingerprint density at radius 3 is 1.37 bits per heavy atom. The summed E-state index contributed by atoms with van der Waals surface area (Å²) in [4.78, 5) is 0. The maximum atomic E-state index is 12.4. The minimum Gasteiger partial charge on any atom is -0.242 e. The summed E-state index contributed by atoms with van der Waals surface area (Å²) in [6.45, 7) is 0. The first-order valence-electron chi connectivity index (χ1n) is 3.47. The highest BCUT2D eigenvalue weighted by molar-refractivity contribution is 7.87. The van der Waals surface area contributed by atoms with E-state index in [2.05, 4.69) is 0 Å². The third-order valence-corrected chi connectivity index (χ3v) is 2.35. The molecule has 4 nitrogen and oxygen atoms in total. The highest BCUT2D eigenvalue weighted by Crippen LogP contribution is 2.47. The van der Waals surface area contributed by atoms with Crippen LogP contribution in [0.4, 0.5) is 44.0 Å². The molecular formula is C4F10O4S. The molecule has 19 heavy (non-hydrogen) atoms. The average molecular weight is 334 g/mol. The van der Waals surface area contributed by atoms with Gasteiger partial charge < -0.3 is 0 Å². The van der Waals surface area contributed by atoms with Crippen LogP contribution in [0.25, 0.3) is 0 Å². The summed E-state index contributed by atoms with van der Waals surface area (Å²) in [5, 5.41) is -6.84. The lowest BCUT2D eigenvalue weighted by Gasteiger charge is -2.28. The fourth-order valence-electron chi connectivity index (χ4n) is 0.463. The van der Waals surface area contributed by atoms with E-state index < -0.39 is 33.8 Å². The van der Waals surface area contributed by atoms with Gasteiger partial charge in [0.05, 0.1) is 0 Å². The highest BCUT2D eigenvalue weighted by atomic mass is 32.2. The Labute approximate surface area is 96.5 Å². The molecule has 0 saturated heterocycles. The smallest absolute Gasteiger partial charge is 0.242 e. The number of ether oxygens (including phenoxy) is 1. The summed E-state index contributed by atoms with van der Waals surface area (Å²) in [5.74, 6) is 0. The summed E-state index contributed by atoms with van der Waals surface area (Å²) < 4.78 is 142. The molecule has 0 aliphatic rings. The second-order valence-corrected chi connectivity index (χ2v) is 4.21. The zero-order valence-corrected chi connectivity index (χ0v) is 8.64. The predicted octanol–water partition coefficient (Wildman–Crippen LogP) is 2.57. The van der Waals surface area contributed by atoms with E-state index in [-0.39, 0.29) is 0 Å². The fourth-order valence-corrected chi connectivity index (χ4v) is 0.875. The molecular weight excluding hydrogens is 334 g/mol. The third-order valence-electron chi connectivity index (χ3n) is 1.32. The van der Waals surface area contributed by atoms with E-state index in [1.165, 1.54) is 9.12 Å². The minimum atomic E-state index is -7.15. The van der Waals surface area contributed by atoms with Crippen molar-refractivity contribution in [3.63, 3.8) is 0 Å². The molecule has 0 saturated carbocycles. The van der Waals surface area contributed by atoms with Crippen LogP contribution < -0.4 is 0 Å². The summed E-state index contributed by atoms with van der Waals surface area (Å²) in [6.07, 6.45) is -20.6. The van der Waals surface area contributed by atoms with Crippen LogP contribution in [0.3, 0.4) is 0 Å². The molecule has 0 aromatic carbocycles. The molecule has 0 spiro atoms. The molecule has 0 aromatic rings. The van der Waals surface area contributed by atoms with Gasteiger partial charge in [-0.05, 0) is 4.53 Å². The van der Waals surface area contributed by atoms with Crippen molar-refractivity contribution in [2.24, 2.45) is 0 Å². The summed E-state index contributed by atoms with van der Waals surface area (Å²) in [6, 6.07) is 0. The SMILES string of the molecule is O=S(=O)(OF)C(F)(F)C(F)(F)OC(F)(F)C(F)(F)F. The summed E-state index contributed by atoms with van der Waals surface area (Å²) in [5.41, 5.74) is 0. The van der Waals surface area contributed by atoms with Crippen LogP contribution >= 0.6 is 0 Å². The van der Waals surface area contributed by atoms with Crippen molar-refractivity contribution in [1.29, 1.82) is 0 Å². The summed E-state index contributed by atoms with van der Waals surface area (Å²) in [7, 11) is -7.15. The van der Waals surface area contributed by atoms with Crippen molar-refractivity contribution < 1.29 is 61.6 Å². The maximum Gasteiger partial charge on any atom is 0.483 e. The Balaban J connectivity index is 5.55. The normalized spacial score (nSPS) is 15.7. The number of halogens is 10. The van der Waals surface area contributed by atoms with Crippen molar-refractivity contribution in [3.8, 4) is 0 Å². The number of hydrogen-bond acceptors (Lipinski definition) is 4. The Morgan fingerprint density at radius 1 is 0.737 bits per heavy atom.